The SMILES string of the molecule is CC(Nc1ccc(Br)cc1C(N)=S)C(=O)N1CCOCC1. The number of rotatable bonds is 4. The highest BCUT2D eigenvalue weighted by molar-refractivity contribution is 9.10. The Balaban J connectivity index is 2.10. The fourth-order valence-corrected chi connectivity index (χ4v) is 2.73. The van der Waals surface area contributed by atoms with Crippen molar-refractivity contribution in [2.45, 2.75) is 13.0 Å². The molecule has 21 heavy (non-hydrogen) atoms. The van der Waals surface area contributed by atoms with Crippen LogP contribution < -0.4 is 11.1 Å². The summed E-state index contributed by atoms with van der Waals surface area (Å²) in [5.41, 5.74) is 7.22. The highest BCUT2D eigenvalue weighted by Crippen LogP contribution is 2.22. The number of halogens is 1. The molecule has 0 bridgehead atoms. The summed E-state index contributed by atoms with van der Waals surface area (Å²) in [7, 11) is 0. The lowest BCUT2D eigenvalue weighted by atomic mass is 10.1. The van der Waals surface area contributed by atoms with Crippen LogP contribution in [-0.2, 0) is 9.53 Å². The molecule has 1 heterocycles. The smallest absolute Gasteiger partial charge is 0.244 e. The first-order valence-electron chi connectivity index (χ1n) is 6.71. The Morgan fingerprint density at radius 2 is 2.14 bits per heavy atom. The number of ether oxygens (including phenoxy) is 1. The van der Waals surface area contributed by atoms with Gasteiger partial charge in [0.15, 0.2) is 0 Å². The Hall–Kier alpha value is -1.18. The first-order chi connectivity index (χ1) is 9.99. The molecule has 0 aromatic heterocycles. The monoisotopic (exact) mass is 371 g/mol. The van der Waals surface area contributed by atoms with Crippen LogP contribution in [0.4, 0.5) is 5.69 Å². The van der Waals surface area contributed by atoms with E-state index < -0.39 is 0 Å². The molecule has 3 N–H and O–H groups in total. The maximum Gasteiger partial charge on any atom is 0.244 e. The average molecular weight is 372 g/mol. The lowest BCUT2D eigenvalue weighted by Gasteiger charge is -2.30. The number of nitrogens with one attached hydrogen (secondary N) is 1. The number of benzene rings is 1. The van der Waals surface area contributed by atoms with Crippen molar-refractivity contribution < 1.29 is 9.53 Å². The van der Waals surface area contributed by atoms with E-state index in [1.54, 1.807) is 4.90 Å². The third-order valence-corrected chi connectivity index (χ3v) is 4.03. The van der Waals surface area contributed by atoms with Crippen LogP contribution >= 0.6 is 28.1 Å². The van der Waals surface area contributed by atoms with Crippen molar-refractivity contribution in [1.29, 1.82) is 0 Å². The highest BCUT2D eigenvalue weighted by Gasteiger charge is 2.23. The van der Waals surface area contributed by atoms with Gasteiger partial charge in [0.2, 0.25) is 5.91 Å². The minimum absolute atomic E-state index is 0.0510. The predicted octanol–water partition coefficient (Wildman–Crippen LogP) is 1.74. The number of hydrogen-bond acceptors (Lipinski definition) is 4. The van der Waals surface area contributed by atoms with Crippen molar-refractivity contribution in [3.8, 4) is 0 Å². The molecule has 2 rings (SSSR count). The molecule has 1 atom stereocenters. The van der Waals surface area contributed by atoms with Crippen LogP contribution in [0.1, 0.15) is 12.5 Å². The molecular formula is C14H18BrN3O2S. The van der Waals surface area contributed by atoms with Crippen LogP contribution in [0, 0.1) is 0 Å². The molecule has 0 saturated carbocycles. The molecule has 1 aliphatic heterocycles. The lowest BCUT2D eigenvalue weighted by molar-refractivity contribution is -0.135. The fraction of sp³-hybridized carbons (Fsp3) is 0.429. The zero-order chi connectivity index (χ0) is 15.4. The molecule has 1 aromatic carbocycles. The van der Waals surface area contributed by atoms with Gasteiger partial charge in [0.05, 0.1) is 13.2 Å². The van der Waals surface area contributed by atoms with Gasteiger partial charge in [-0.15, -0.1) is 0 Å². The highest BCUT2D eigenvalue weighted by atomic mass is 79.9. The van der Waals surface area contributed by atoms with E-state index in [9.17, 15) is 4.79 Å². The zero-order valence-corrected chi connectivity index (χ0v) is 14.2. The van der Waals surface area contributed by atoms with Crippen LogP contribution in [0.3, 0.4) is 0 Å². The van der Waals surface area contributed by atoms with Crippen LogP contribution in [0.5, 0.6) is 0 Å². The van der Waals surface area contributed by atoms with Gasteiger partial charge in [0.1, 0.15) is 11.0 Å². The van der Waals surface area contributed by atoms with E-state index in [0.717, 1.165) is 15.7 Å². The number of carbonyl (C=O) groups is 1. The summed E-state index contributed by atoms with van der Waals surface area (Å²) in [6.07, 6.45) is 0. The number of morpholine rings is 1. The van der Waals surface area contributed by atoms with Crippen molar-refractivity contribution in [3.63, 3.8) is 0 Å². The maximum atomic E-state index is 12.4. The van der Waals surface area contributed by atoms with Crippen molar-refractivity contribution in [3.05, 3.63) is 28.2 Å². The van der Waals surface area contributed by atoms with Gasteiger partial charge >= 0.3 is 0 Å². The summed E-state index contributed by atoms with van der Waals surface area (Å²) < 4.78 is 6.15. The number of amides is 1. The number of hydrogen-bond donors (Lipinski definition) is 2. The van der Waals surface area contributed by atoms with Gasteiger partial charge in [0, 0.05) is 28.8 Å². The van der Waals surface area contributed by atoms with Crippen molar-refractivity contribution in [2.24, 2.45) is 5.73 Å². The Morgan fingerprint density at radius 1 is 1.48 bits per heavy atom. The van der Waals surface area contributed by atoms with Gasteiger partial charge in [-0.3, -0.25) is 4.79 Å². The Kier molecular flexibility index (Phi) is 5.55. The van der Waals surface area contributed by atoms with Gasteiger partial charge in [0.25, 0.3) is 0 Å². The molecule has 1 aliphatic rings. The normalized spacial score (nSPS) is 16.4. The molecule has 1 amide bonds. The molecule has 5 nitrogen and oxygen atoms in total. The third kappa shape index (κ3) is 4.15. The Bertz CT molecular complexity index is 547. The average Bonchev–Trinajstić information content (AvgIpc) is 2.49. The summed E-state index contributed by atoms with van der Waals surface area (Å²) in [6.45, 7) is 4.29. The third-order valence-electron chi connectivity index (χ3n) is 3.31. The van der Waals surface area contributed by atoms with E-state index >= 15 is 0 Å². The quantitative estimate of drug-likeness (QED) is 0.789. The first kappa shape index (κ1) is 16.2. The van der Waals surface area contributed by atoms with Crippen molar-refractivity contribution in [2.75, 3.05) is 31.6 Å². The second kappa shape index (κ2) is 7.20. The van der Waals surface area contributed by atoms with Crippen molar-refractivity contribution in [1.82, 2.24) is 4.90 Å². The van der Waals surface area contributed by atoms with Crippen LogP contribution in [-0.4, -0.2) is 48.1 Å². The predicted molar refractivity (Wildman–Crippen MR) is 90.5 cm³/mol. The standard InChI is InChI=1S/C14H18BrN3O2S/c1-9(14(19)18-4-6-20-7-5-18)17-12-3-2-10(15)8-11(12)13(16)21/h2-3,8-9,17H,4-7H2,1H3,(H2,16,21). The van der Waals surface area contributed by atoms with E-state index in [2.05, 4.69) is 21.2 Å². The van der Waals surface area contributed by atoms with Gasteiger partial charge in [-0.25, -0.2) is 0 Å². The molecule has 1 unspecified atom stereocenters. The van der Waals surface area contributed by atoms with E-state index in [1.165, 1.54) is 0 Å². The number of carbonyl (C=O) groups excluding carboxylic acids is 1. The minimum Gasteiger partial charge on any atom is -0.389 e. The molecule has 7 heteroatoms. The Labute approximate surface area is 137 Å². The molecule has 114 valence electrons. The van der Waals surface area contributed by atoms with Crippen molar-refractivity contribution >= 4 is 44.7 Å². The summed E-state index contributed by atoms with van der Waals surface area (Å²) >= 11 is 8.45. The van der Waals surface area contributed by atoms with Gasteiger partial charge in [-0.1, -0.05) is 28.1 Å². The fourth-order valence-electron chi connectivity index (χ4n) is 2.20. The summed E-state index contributed by atoms with van der Waals surface area (Å²) in [4.78, 5) is 14.5. The zero-order valence-electron chi connectivity index (χ0n) is 11.8. The van der Waals surface area contributed by atoms with E-state index in [-0.39, 0.29) is 11.9 Å². The van der Waals surface area contributed by atoms with Crippen LogP contribution in [0.2, 0.25) is 0 Å². The van der Waals surface area contributed by atoms with Crippen LogP contribution in [0.25, 0.3) is 0 Å². The van der Waals surface area contributed by atoms with Crippen LogP contribution in [0.15, 0.2) is 22.7 Å². The van der Waals surface area contributed by atoms with E-state index in [0.29, 0.717) is 31.3 Å². The summed E-state index contributed by atoms with van der Waals surface area (Å²) in [5.74, 6) is 0.0510. The minimum atomic E-state index is -0.350. The number of anilines is 1. The molecule has 0 spiro atoms. The lowest BCUT2D eigenvalue weighted by Crippen LogP contribution is -2.47. The second-order valence-corrected chi connectivity index (χ2v) is 6.21. The molecule has 0 aliphatic carbocycles. The largest absolute Gasteiger partial charge is 0.389 e. The molecular weight excluding hydrogens is 354 g/mol. The topological polar surface area (TPSA) is 67.6 Å². The number of nitrogens with two attached hydrogens (primary N) is 1. The molecule has 0 radical (unpaired) electrons. The van der Waals surface area contributed by atoms with Gasteiger partial charge < -0.3 is 20.7 Å². The Morgan fingerprint density at radius 3 is 2.76 bits per heavy atom. The van der Waals surface area contributed by atoms with Gasteiger partial charge in [-0.05, 0) is 25.1 Å². The van der Waals surface area contributed by atoms with E-state index in [1.807, 2.05) is 25.1 Å². The van der Waals surface area contributed by atoms with Gasteiger partial charge in [-0.2, -0.15) is 0 Å². The van der Waals surface area contributed by atoms with E-state index in [4.69, 9.17) is 22.7 Å². The maximum absolute atomic E-state index is 12.4. The summed E-state index contributed by atoms with van der Waals surface area (Å²) in [6, 6.07) is 5.24. The number of thiocarbonyl (C=S) groups is 1. The molecule has 1 aromatic rings. The number of nitrogens with zero attached hydrogens (tertiary/aromatic N) is 1. The summed E-state index contributed by atoms with van der Waals surface area (Å²) in [5, 5.41) is 3.20. The second-order valence-electron chi connectivity index (χ2n) is 4.86. The molecule has 1 saturated heterocycles. The molecule has 1 fully saturated rings. The first-order valence-corrected chi connectivity index (χ1v) is 7.91.